The van der Waals surface area contributed by atoms with Crippen molar-refractivity contribution in [1.29, 1.82) is 0 Å². The fourth-order valence-corrected chi connectivity index (χ4v) is 2.78. The Labute approximate surface area is 107 Å². The minimum atomic E-state index is -3.26. The second-order valence-corrected chi connectivity index (χ2v) is 5.95. The molecule has 0 amide bonds. The fraction of sp³-hybridized carbons (Fsp3) is 0.143. The molecule has 2 aromatic rings. The van der Waals surface area contributed by atoms with E-state index in [-0.39, 0.29) is 0 Å². The molecule has 94 valence electrons. The van der Waals surface area contributed by atoms with Crippen molar-refractivity contribution < 1.29 is 13.2 Å². The lowest BCUT2D eigenvalue weighted by Crippen LogP contribution is -2.00. The smallest absolute Gasteiger partial charge is 0.176 e. The first-order valence-corrected chi connectivity index (χ1v) is 7.35. The number of hydrogen-bond acceptors (Lipinski definition) is 3. The normalized spacial score (nSPS) is 11.2. The van der Waals surface area contributed by atoms with Gasteiger partial charge in [-0.25, -0.2) is 8.42 Å². The van der Waals surface area contributed by atoms with Crippen LogP contribution in [0.1, 0.15) is 0 Å². The molecule has 0 aliphatic heterocycles. The molecular formula is C14H14O3S. The van der Waals surface area contributed by atoms with E-state index in [0.717, 1.165) is 5.56 Å². The van der Waals surface area contributed by atoms with Crippen molar-refractivity contribution in [2.24, 2.45) is 0 Å². The van der Waals surface area contributed by atoms with Gasteiger partial charge in [-0.15, -0.1) is 0 Å². The molecule has 0 N–H and O–H groups in total. The van der Waals surface area contributed by atoms with E-state index in [0.29, 0.717) is 16.2 Å². The molecule has 4 heteroatoms. The standard InChI is InChI=1S/C14H14O3S/c1-17-13-9-5-3-7-11(13)12-8-4-6-10-14(12)18(2,15)16/h3-10H,1-2H3. The monoisotopic (exact) mass is 262 g/mol. The first-order valence-electron chi connectivity index (χ1n) is 5.46. The molecule has 2 rings (SSSR count). The van der Waals surface area contributed by atoms with Crippen molar-refractivity contribution in [2.75, 3.05) is 13.4 Å². The quantitative estimate of drug-likeness (QED) is 0.854. The highest BCUT2D eigenvalue weighted by Crippen LogP contribution is 2.33. The summed E-state index contributed by atoms with van der Waals surface area (Å²) < 4.78 is 28.8. The average Bonchev–Trinajstić information content (AvgIpc) is 2.37. The Bertz CT molecular complexity index is 660. The van der Waals surface area contributed by atoms with Crippen LogP contribution >= 0.6 is 0 Å². The van der Waals surface area contributed by atoms with Gasteiger partial charge in [-0.2, -0.15) is 0 Å². The Morgan fingerprint density at radius 2 is 1.44 bits per heavy atom. The average molecular weight is 262 g/mol. The number of rotatable bonds is 3. The highest BCUT2D eigenvalue weighted by Gasteiger charge is 2.16. The van der Waals surface area contributed by atoms with Crippen LogP contribution in [0.3, 0.4) is 0 Å². The Morgan fingerprint density at radius 3 is 2.06 bits per heavy atom. The number of sulfone groups is 1. The van der Waals surface area contributed by atoms with Crippen LogP contribution in [0, 0.1) is 0 Å². The summed E-state index contributed by atoms with van der Waals surface area (Å²) in [6.45, 7) is 0. The summed E-state index contributed by atoms with van der Waals surface area (Å²) in [4.78, 5) is 0.314. The van der Waals surface area contributed by atoms with Crippen molar-refractivity contribution >= 4 is 9.84 Å². The van der Waals surface area contributed by atoms with Gasteiger partial charge in [0.2, 0.25) is 0 Å². The van der Waals surface area contributed by atoms with Crippen molar-refractivity contribution in [3.8, 4) is 16.9 Å². The van der Waals surface area contributed by atoms with E-state index in [1.807, 2.05) is 30.3 Å². The number of methoxy groups -OCH3 is 1. The van der Waals surface area contributed by atoms with Gasteiger partial charge in [-0.1, -0.05) is 36.4 Å². The van der Waals surface area contributed by atoms with E-state index in [1.54, 1.807) is 25.3 Å². The van der Waals surface area contributed by atoms with E-state index >= 15 is 0 Å². The van der Waals surface area contributed by atoms with E-state index in [1.165, 1.54) is 6.26 Å². The van der Waals surface area contributed by atoms with Gasteiger partial charge in [0, 0.05) is 17.4 Å². The molecule has 0 saturated carbocycles. The predicted molar refractivity (Wildman–Crippen MR) is 71.5 cm³/mol. The molecule has 2 aromatic carbocycles. The van der Waals surface area contributed by atoms with Crippen LogP contribution in [0.4, 0.5) is 0 Å². The maximum atomic E-state index is 11.8. The van der Waals surface area contributed by atoms with Gasteiger partial charge in [0.15, 0.2) is 9.84 Å². The summed E-state index contributed by atoms with van der Waals surface area (Å²) >= 11 is 0. The van der Waals surface area contributed by atoms with E-state index in [2.05, 4.69) is 0 Å². The van der Waals surface area contributed by atoms with E-state index in [4.69, 9.17) is 4.74 Å². The molecule has 0 saturated heterocycles. The van der Waals surface area contributed by atoms with Gasteiger partial charge >= 0.3 is 0 Å². The van der Waals surface area contributed by atoms with Gasteiger partial charge in [0.1, 0.15) is 5.75 Å². The summed E-state index contributed by atoms with van der Waals surface area (Å²) in [6.07, 6.45) is 1.21. The number of hydrogen-bond donors (Lipinski definition) is 0. The van der Waals surface area contributed by atoms with Crippen molar-refractivity contribution in [2.45, 2.75) is 4.90 Å². The number of ether oxygens (including phenoxy) is 1. The van der Waals surface area contributed by atoms with Crippen LogP contribution in [0.2, 0.25) is 0 Å². The summed E-state index contributed by atoms with van der Waals surface area (Å²) in [6, 6.07) is 14.3. The van der Waals surface area contributed by atoms with Crippen molar-refractivity contribution in [3.63, 3.8) is 0 Å². The van der Waals surface area contributed by atoms with Crippen LogP contribution < -0.4 is 4.74 Å². The summed E-state index contributed by atoms with van der Waals surface area (Å²) in [7, 11) is -1.69. The van der Waals surface area contributed by atoms with Crippen molar-refractivity contribution in [1.82, 2.24) is 0 Å². The van der Waals surface area contributed by atoms with Crippen molar-refractivity contribution in [3.05, 3.63) is 48.5 Å². The molecule has 0 heterocycles. The van der Waals surface area contributed by atoms with Gasteiger partial charge in [-0.05, 0) is 12.1 Å². The fourth-order valence-electron chi connectivity index (χ4n) is 1.88. The van der Waals surface area contributed by atoms with Crippen LogP contribution in [-0.2, 0) is 9.84 Å². The second kappa shape index (κ2) is 4.82. The van der Waals surface area contributed by atoms with Gasteiger partial charge in [0.05, 0.1) is 12.0 Å². The highest BCUT2D eigenvalue weighted by atomic mass is 32.2. The maximum absolute atomic E-state index is 11.8. The zero-order valence-corrected chi connectivity index (χ0v) is 11.1. The molecular weight excluding hydrogens is 248 g/mol. The van der Waals surface area contributed by atoms with Gasteiger partial charge < -0.3 is 4.74 Å². The van der Waals surface area contributed by atoms with Crippen LogP contribution in [0.25, 0.3) is 11.1 Å². The minimum Gasteiger partial charge on any atom is -0.496 e. The largest absolute Gasteiger partial charge is 0.496 e. The Balaban J connectivity index is 2.72. The summed E-state index contributed by atoms with van der Waals surface area (Å²) in [5, 5.41) is 0. The molecule has 0 aliphatic rings. The lowest BCUT2D eigenvalue weighted by atomic mass is 10.0. The molecule has 18 heavy (non-hydrogen) atoms. The molecule has 0 radical (unpaired) electrons. The first kappa shape index (κ1) is 12.6. The van der Waals surface area contributed by atoms with Crippen LogP contribution in [-0.4, -0.2) is 21.8 Å². The summed E-state index contributed by atoms with van der Waals surface area (Å²) in [5.74, 6) is 0.661. The third-order valence-electron chi connectivity index (χ3n) is 2.68. The third kappa shape index (κ3) is 2.38. The van der Waals surface area contributed by atoms with Crippen LogP contribution in [0.5, 0.6) is 5.75 Å². The van der Waals surface area contributed by atoms with E-state index < -0.39 is 9.84 Å². The molecule has 0 spiro atoms. The number of para-hydroxylation sites is 1. The number of benzene rings is 2. The minimum absolute atomic E-state index is 0.314. The van der Waals surface area contributed by atoms with Crippen LogP contribution in [0.15, 0.2) is 53.4 Å². The Hall–Kier alpha value is -1.81. The predicted octanol–water partition coefficient (Wildman–Crippen LogP) is 2.77. The SMILES string of the molecule is COc1ccccc1-c1ccccc1S(C)(=O)=O. The highest BCUT2D eigenvalue weighted by molar-refractivity contribution is 7.90. The second-order valence-electron chi connectivity index (χ2n) is 3.97. The molecule has 0 atom stereocenters. The summed E-state index contributed by atoms with van der Waals surface area (Å²) in [5.41, 5.74) is 1.44. The molecule has 0 unspecified atom stereocenters. The lowest BCUT2D eigenvalue weighted by Gasteiger charge is -2.11. The van der Waals surface area contributed by atoms with Gasteiger partial charge in [0.25, 0.3) is 0 Å². The zero-order chi connectivity index (χ0) is 13.2. The molecule has 0 bridgehead atoms. The molecule has 0 aliphatic carbocycles. The maximum Gasteiger partial charge on any atom is 0.176 e. The van der Waals surface area contributed by atoms with E-state index in [9.17, 15) is 8.42 Å². The zero-order valence-electron chi connectivity index (χ0n) is 10.3. The Kier molecular flexibility index (Phi) is 3.39. The first-order chi connectivity index (χ1) is 8.54. The molecule has 0 aromatic heterocycles. The third-order valence-corrected chi connectivity index (χ3v) is 3.84. The Morgan fingerprint density at radius 1 is 0.889 bits per heavy atom. The molecule has 3 nitrogen and oxygen atoms in total. The lowest BCUT2D eigenvalue weighted by molar-refractivity contribution is 0.416. The molecule has 0 fully saturated rings. The van der Waals surface area contributed by atoms with Gasteiger partial charge in [-0.3, -0.25) is 0 Å². The topological polar surface area (TPSA) is 43.4 Å².